The van der Waals surface area contributed by atoms with E-state index in [-0.39, 0.29) is 18.4 Å². The van der Waals surface area contributed by atoms with E-state index in [1.807, 2.05) is 24.3 Å². The Morgan fingerprint density at radius 2 is 1.56 bits per heavy atom. The van der Waals surface area contributed by atoms with Gasteiger partial charge in [0.2, 0.25) is 11.8 Å². The van der Waals surface area contributed by atoms with Crippen molar-refractivity contribution in [2.24, 2.45) is 5.92 Å². The Labute approximate surface area is 160 Å². The van der Waals surface area contributed by atoms with Gasteiger partial charge in [0.05, 0.1) is 13.2 Å². The predicted molar refractivity (Wildman–Crippen MR) is 109 cm³/mol. The maximum Gasteiger partial charge on any atom is 0.243 e. The van der Waals surface area contributed by atoms with Crippen molar-refractivity contribution in [2.75, 3.05) is 29.1 Å². The smallest absolute Gasteiger partial charge is 0.243 e. The summed E-state index contributed by atoms with van der Waals surface area (Å²) < 4.78 is 5.64. The first-order chi connectivity index (χ1) is 13.0. The number of hydrogen-bond acceptors (Lipinski definition) is 4. The lowest BCUT2D eigenvalue weighted by molar-refractivity contribution is -0.116. The van der Waals surface area contributed by atoms with Crippen LogP contribution in [0.4, 0.5) is 17.1 Å². The summed E-state index contributed by atoms with van der Waals surface area (Å²) in [6.45, 7) is 6.80. The molecule has 27 heavy (non-hydrogen) atoms. The minimum Gasteiger partial charge on any atom is -0.493 e. The van der Waals surface area contributed by atoms with Crippen LogP contribution in [0.5, 0.6) is 5.75 Å². The van der Waals surface area contributed by atoms with Crippen LogP contribution in [0.15, 0.2) is 48.5 Å². The maximum atomic E-state index is 12.1. The lowest BCUT2D eigenvalue weighted by Gasteiger charge is -2.11. The second-order valence-electron chi connectivity index (χ2n) is 6.61. The van der Waals surface area contributed by atoms with Gasteiger partial charge in [-0.25, -0.2) is 0 Å². The van der Waals surface area contributed by atoms with E-state index < -0.39 is 0 Å². The largest absolute Gasteiger partial charge is 0.493 e. The molecule has 0 fully saturated rings. The summed E-state index contributed by atoms with van der Waals surface area (Å²) in [5.41, 5.74) is 2.13. The first-order valence-electron chi connectivity index (χ1n) is 9.12. The third-order valence-electron chi connectivity index (χ3n) is 3.64. The molecule has 0 spiro atoms. The van der Waals surface area contributed by atoms with Crippen molar-refractivity contribution in [3.8, 4) is 5.75 Å². The number of ether oxygens (including phenoxy) is 1. The summed E-state index contributed by atoms with van der Waals surface area (Å²) in [5.74, 6) is 1.04. The van der Waals surface area contributed by atoms with Crippen LogP contribution >= 0.6 is 0 Å². The van der Waals surface area contributed by atoms with Crippen LogP contribution in [0.2, 0.25) is 0 Å². The third-order valence-corrected chi connectivity index (χ3v) is 3.64. The molecule has 0 unspecified atom stereocenters. The lowest BCUT2D eigenvalue weighted by Crippen LogP contribution is -2.21. The fourth-order valence-electron chi connectivity index (χ4n) is 2.24. The third kappa shape index (κ3) is 7.40. The maximum absolute atomic E-state index is 12.1. The van der Waals surface area contributed by atoms with Gasteiger partial charge in [-0.1, -0.05) is 26.8 Å². The van der Waals surface area contributed by atoms with Gasteiger partial charge in [0, 0.05) is 23.5 Å². The Morgan fingerprint density at radius 3 is 2.15 bits per heavy atom. The second-order valence-corrected chi connectivity index (χ2v) is 6.61. The van der Waals surface area contributed by atoms with E-state index in [1.54, 1.807) is 31.2 Å². The zero-order valence-corrected chi connectivity index (χ0v) is 16.0. The molecule has 3 N–H and O–H groups in total. The van der Waals surface area contributed by atoms with E-state index in [2.05, 4.69) is 29.8 Å². The van der Waals surface area contributed by atoms with Gasteiger partial charge in [-0.05, 0) is 48.4 Å². The van der Waals surface area contributed by atoms with E-state index >= 15 is 0 Å². The highest BCUT2D eigenvalue weighted by atomic mass is 16.5. The molecule has 2 amide bonds. The fourth-order valence-corrected chi connectivity index (χ4v) is 2.24. The Hall–Kier alpha value is -3.02. The second kappa shape index (κ2) is 10.2. The first kappa shape index (κ1) is 20.3. The molecule has 0 aliphatic heterocycles. The van der Waals surface area contributed by atoms with Crippen LogP contribution in [-0.2, 0) is 9.59 Å². The summed E-state index contributed by atoms with van der Waals surface area (Å²) in [6.07, 6.45) is 0.405. The number of rotatable bonds is 9. The Morgan fingerprint density at radius 1 is 0.926 bits per heavy atom. The zero-order chi connectivity index (χ0) is 19.6. The number of nitrogens with one attached hydrogen (secondary N) is 3. The number of anilines is 3. The summed E-state index contributed by atoms with van der Waals surface area (Å²) in [6, 6.07) is 14.6. The van der Waals surface area contributed by atoms with Gasteiger partial charge < -0.3 is 20.7 Å². The summed E-state index contributed by atoms with van der Waals surface area (Å²) in [5, 5.41) is 8.65. The monoisotopic (exact) mass is 369 g/mol. The van der Waals surface area contributed by atoms with Crippen LogP contribution in [0.3, 0.4) is 0 Å². The van der Waals surface area contributed by atoms with Crippen molar-refractivity contribution in [1.82, 2.24) is 0 Å². The Kier molecular flexibility index (Phi) is 7.67. The quantitative estimate of drug-likeness (QED) is 0.621. The number of carbonyl (C=O) groups excluding carboxylic acids is 2. The minimum absolute atomic E-state index is 0.0686. The molecule has 0 heterocycles. The molecule has 2 rings (SSSR count). The molecule has 6 nitrogen and oxygen atoms in total. The number of carbonyl (C=O) groups is 2. The molecule has 6 heteroatoms. The fraction of sp³-hybridized carbons (Fsp3) is 0.333. The Balaban J connectivity index is 1.82. The van der Waals surface area contributed by atoms with Crippen LogP contribution in [0.25, 0.3) is 0 Å². The average molecular weight is 369 g/mol. The van der Waals surface area contributed by atoms with Crippen LogP contribution in [-0.4, -0.2) is 25.0 Å². The molecule has 0 bridgehead atoms. The molecule has 0 aliphatic carbocycles. The van der Waals surface area contributed by atoms with E-state index in [0.717, 1.165) is 11.4 Å². The van der Waals surface area contributed by atoms with Gasteiger partial charge in [0.15, 0.2) is 0 Å². The van der Waals surface area contributed by atoms with Gasteiger partial charge in [-0.2, -0.15) is 0 Å². The molecule has 0 radical (unpaired) electrons. The average Bonchev–Trinajstić information content (AvgIpc) is 2.65. The van der Waals surface area contributed by atoms with Gasteiger partial charge in [0.25, 0.3) is 0 Å². The van der Waals surface area contributed by atoms with Crippen molar-refractivity contribution in [1.29, 1.82) is 0 Å². The standard InChI is InChI=1S/C21H27N3O3/c1-4-20(25)23-17-6-5-7-18(12-17)24-21(26)13-22-16-8-10-19(11-9-16)27-14-15(2)3/h5-12,15,22H,4,13-14H2,1-3H3,(H,23,25)(H,24,26). The topological polar surface area (TPSA) is 79.5 Å². The molecule has 2 aromatic rings. The van der Waals surface area contributed by atoms with E-state index in [4.69, 9.17) is 4.74 Å². The predicted octanol–water partition coefficient (Wildman–Crippen LogP) is 4.12. The van der Waals surface area contributed by atoms with Crippen molar-refractivity contribution in [2.45, 2.75) is 27.2 Å². The van der Waals surface area contributed by atoms with Gasteiger partial charge in [-0.3, -0.25) is 9.59 Å². The Bertz CT molecular complexity index is 758. The lowest BCUT2D eigenvalue weighted by atomic mass is 10.2. The molecular weight excluding hydrogens is 342 g/mol. The van der Waals surface area contributed by atoms with E-state index in [1.165, 1.54) is 0 Å². The van der Waals surface area contributed by atoms with Crippen molar-refractivity contribution in [3.05, 3.63) is 48.5 Å². The van der Waals surface area contributed by atoms with Gasteiger partial charge >= 0.3 is 0 Å². The van der Waals surface area contributed by atoms with Gasteiger partial charge in [-0.15, -0.1) is 0 Å². The van der Waals surface area contributed by atoms with Crippen molar-refractivity contribution >= 4 is 28.9 Å². The molecule has 0 aliphatic rings. The number of benzene rings is 2. The highest BCUT2D eigenvalue weighted by Gasteiger charge is 2.05. The summed E-state index contributed by atoms with van der Waals surface area (Å²) in [4.78, 5) is 23.6. The highest BCUT2D eigenvalue weighted by molar-refractivity contribution is 5.95. The van der Waals surface area contributed by atoms with Crippen LogP contribution in [0.1, 0.15) is 27.2 Å². The molecule has 144 valence electrons. The first-order valence-corrected chi connectivity index (χ1v) is 9.12. The molecule has 0 saturated heterocycles. The molecule has 0 saturated carbocycles. The van der Waals surface area contributed by atoms with Crippen molar-refractivity contribution in [3.63, 3.8) is 0 Å². The number of hydrogen-bond donors (Lipinski definition) is 3. The van der Waals surface area contributed by atoms with Crippen LogP contribution in [0, 0.1) is 5.92 Å². The molecule has 0 aromatic heterocycles. The molecular formula is C21H27N3O3. The molecule has 2 aromatic carbocycles. The van der Waals surface area contributed by atoms with Crippen LogP contribution < -0.4 is 20.7 Å². The van der Waals surface area contributed by atoms with Gasteiger partial charge in [0.1, 0.15) is 5.75 Å². The summed E-state index contributed by atoms with van der Waals surface area (Å²) in [7, 11) is 0. The van der Waals surface area contributed by atoms with E-state index in [0.29, 0.717) is 30.3 Å². The van der Waals surface area contributed by atoms with E-state index in [9.17, 15) is 9.59 Å². The normalized spacial score (nSPS) is 10.4. The zero-order valence-electron chi connectivity index (χ0n) is 16.0. The SMILES string of the molecule is CCC(=O)Nc1cccc(NC(=O)CNc2ccc(OCC(C)C)cc2)c1. The highest BCUT2D eigenvalue weighted by Crippen LogP contribution is 2.17. The van der Waals surface area contributed by atoms with Crippen molar-refractivity contribution < 1.29 is 14.3 Å². The molecule has 0 atom stereocenters. The minimum atomic E-state index is -0.172. The number of amides is 2. The summed E-state index contributed by atoms with van der Waals surface area (Å²) >= 11 is 0.